The Bertz CT molecular complexity index is 754. The molecule has 3 rings (SSSR count). The van der Waals surface area contributed by atoms with E-state index in [-0.39, 0.29) is 12.0 Å². The van der Waals surface area contributed by atoms with Gasteiger partial charge in [-0.05, 0) is 50.2 Å². The van der Waals surface area contributed by atoms with Gasteiger partial charge >= 0.3 is 0 Å². The van der Waals surface area contributed by atoms with Gasteiger partial charge in [0, 0.05) is 11.1 Å². The van der Waals surface area contributed by atoms with Crippen LogP contribution in [0, 0.1) is 0 Å². The Hall–Kier alpha value is -2.75. The van der Waals surface area contributed by atoms with Gasteiger partial charge in [-0.1, -0.05) is 18.2 Å². The van der Waals surface area contributed by atoms with Crippen LogP contribution in [0.15, 0.2) is 59.0 Å². The molecule has 112 valence electrons. The minimum atomic E-state index is -0.270. The lowest BCUT2D eigenvalue weighted by molar-refractivity contribution is 0.0998. The molecule has 4 heteroatoms. The molecule has 2 aromatic carbocycles. The Labute approximate surface area is 128 Å². The largest absolute Gasteiger partial charge is 0.491 e. The Morgan fingerprint density at radius 3 is 2.50 bits per heavy atom. The summed E-state index contributed by atoms with van der Waals surface area (Å²) in [6.45, 7) is 3.94. The second-order valence-electron chi connectivity index (χ2n) is 5.29. The number of anilines is 1. The third kappa shape index (κ3) is 3.11. The van der Waals surface area contributed by atoms with Crippen molar-refractivity contribution in [3.63, 3.8) is 0 Å². The van der Waals surface area contributed by atoms with Crippen molar-refractivity contribution in [1.29, 1.82) is 0 Å². The molecule has 0 unspecified atom stereocenters. The first-order valence-corrected chi connectivity index (χ1v) is 7.18. The second-order valence-corrected chi connectivity index (χ2v) is 5.29. The Morgan fingerprint density at radius 1 is 1.09 bits per heavy atom. The molecule has 0 saturated carbocycles. The number of benzene rings is 2. The molecule has 0 radical (unpaired) electrons. The van der Waals surface area contributed by atoms with E-state index in [1.54, 1.807) is 18.2 Å². The summed E-state index contributed by atoms with van der Waals surface area (Å²) in [5.41, 5.74) is 1.40. The van der Waals surface area contributed by atoms with Crippen LogP contribution in [-0.2, 0) is 0 Å². The van der Waals surface area contributed by atoms with Crippen LogP contribution in [0.5, 0.6) is 5.75 Å². The molecule has 22 heavy (non-hydrogen) atoms. The number of furan rings is 1. The van der Waals surface area contributed by atoms with Crippen molar-refractivity contribution in [3.8, 4) is 5.75 Å². The fraction of sp³-hybridized carbons (Fsp3) is 0.167. The lowest BCUT2D eigenvalue weighted by atomic mass is 10.2. The summed E-state index contributed by atoms with van der Waals surface area (Å²) in [7, 11) is 0. The average molecular weight is 295 g/mol. The molecule has 1 amide bonds. The van der Waals surface area contributed by atoms with Crippen LogP contribution in [0.4, 0.5) is 5.69 Å². The van der Waals surface area contributed by atoms with Crippen molar-refractivity contribution in [2.75, 3.05) is 5.32 Å². The zero-order chi connectivity index (χ0) is 15.5. The number of rotatable bonds is 4. The highest BCUT2D eigenvalue weighted by Gasteiger charge is 2.12. The van der Waals surface area contributed by atoms with Gasteiger partial charge < -0.3 is 14.5 Å². The van der Waals surface area contributed by atoms with E-state index in [0.717, 1.165) is 11.1 Å². The van der Waals surface area contributed by atoms with Gasteiger partial charge in [-0.15, -0.1) is 0 Å². The Balaban J connectivity index is 1.73. The van der Waals surface area contributed by atoms with Gasteiger partial charge in [0.2, 0.25) is 0 Å². The second kappa shape index (κ2) is 5.93. The molecule has 4 nitrogen and oxygen atoms in total. The van der Waals surface area contributed by atoms with Crippen molar-refractivity contribution in [2.45, 2.75) is 20.0 Å². The van der Waals surface area contributed by atoms with Crippen molar-refractivity contribution in [2.24, 2.45) is 0 Å². The monoisotopic (exact) mass is 295 g/mol. The summed E-state index contributed by atoms with van der Waals surface area (Å²) in [6.07, 6.45) is 0.121. The van der Waals surface area contributed by atoms with E-state index in [2.05, 4.69) is 5.32 Å². The number of hydrogen-bond donors (Lipinski definition) is 1. The summed E-state index contributed by atoms with van der Waals surface area (Å²) < 4.78 is 11.1. The SMILES string of the molecule is CC(C)Oc1ccc(NC(=O)c2cc3ccccc3o2)cc1. The first-order chi connectivity index (χ1) is 10.6. The van der Waals surface area contributed by atoms with Crippen LogP contribution in [0.25, 0.3) is 11.0 Å². The molecule has 0 atom stereocenters. The molecule has 1 aromatic heterocycles. The highest BCUT2D eigenvalue weighted by Crippen LogP contribution is 2.21. The van der Waals surface area contributed by atoms with Gasteiger partial charge in [-0.25, -0.2) is 0 Å². The van der Waals surface area contributed by atoms with E-state index in [1.165, 1.54) is 0 Å². The van der Waals surface area contributed by atoms with Crippen LogP contribution in [0.1, 0.15) is 24.4 Å². The molecule has 0 fully saturated rings. The molecule has 1 N–H and O–H groups in total. The smallest absolute Gasteiger partial charge is 0.291 e. The summed E-state index contributed by atoms with van der Waals surface area (Å²) in [5.74, 6) is 0.800. The summed E-state index contributed by atoms with van der Waals surface area (Å²) >= 11 is 0. The Morgan fingerprint density at radius 2 is 1.82 bits per heavy atom. The standard InChI is InChI=1S/C18H17NO3/c1-12(2)21-15-9-7-14(8-10-15)19-18(20)17-11-13-5-3-4-6-16(13)22-17/h3-12H,1-2H3,(H,19,20). The van der Waals surface area contributed by atoms with Crippen LogP contribution < -0.4 is 10.1 Å². The van der Waals surface area contributed by atoms with E-state index < -0.39 is 0 Å². The topological polar surface area (TPSA) is 51.5 Å². The molecule has 0 aliphatic rings. The molecule has 0 bridgehead atoms. The van der Waals surface area contributed by atoms with Gasteiger partial charge in [0.1, 0.15) is 11.3 Å². The molecule has 1 heterocycles. The van der Waals surface area contributed by atoms with E-state index >= 15 is 0 Å². The summed E-state index contributed by atoms with van der Waals surface area (Å²) in [4.78, 5) is 12.2. The number of para-hydroxylation sites is 1. The minimum absolute atomic E-state index is 0.121. The van der Waals surface area contributed by atoms with Gasteiger partial charge in [-0.2, -0.15) is 0 Å². The first kappa shape index (κ1) is 14.2. The molecule has 0 spiro atoms. The quantitative estimate of drug-likeness (QED) is 0.772. The molecule has 3 aromatic rings. The average Bonchev–Trinajstić information content (AvgIpc) is 2.93. The van der Waals surface area contributed by atoms with E-state index in [1.807, 2.05) is 50.2 Å². The van der Waals surface area contributed by atoms with Gasteiger partial charge in [0.05, 0.1) is 6.10 Å². The maximum Gasteiger partial charge on any atom is 0.291 e. The predicted octanol–water partition coefficient (Wildman–Crippen LogP) is 4.47. The molecular formula is C18H17NO3. The van der Waals surface area contributed by atoms with Crippen molar-refractivity contribution >= 4 is 22.6 Å². The predicted molar refractivity (Wildman–Crippen MR) is 86.4 cm³/mol. The molecule has 0 saturated heterocycles. The first-order valence-electron chi connectivity index (χ1n) is 7.18. The van der Waals surface area contributed by atoms with Crippen LogP contribution >= 0.6 is 0 Å². The fourth-order valence-corrected chi connectivity index (χ4v) is 2.18. The highest BCUT2D eigenvalue weighted by molar-refractivity contribution is 6.04. The number of nitrogens with one attached hydrogen (secondary N) is 1. The number of carbonyl (C=O) groups is 1. The molecule has 0 aliphatic heterocycles. The zero-order valence-electron chi connectivity index (χ0n) is 12.5. The number of hydrogen-bond acceptors (Lipinski definition) is 3. The lowest BCUT2D eigenvalue weighted by Crippen LogP contribution is -2.11. The van der Waals surface area contributed by atoms with E-state index in [9.17, 15) is 4.79 Å². The minimum Gasteiger partial charge on any atom is -0.491 e. The van der Waals surface area contributed by atoms with Crippen LogP contribution in [0.2, 0.25) is 0 Å². The Kier molecular flexibility index (Phi) is 3.83. The summed E-state index contributed by atoms with van der Waals surface area (Å²) in [6, 6.07) is 16.5. The van der Waals surface area contributed by atoms with Gasteiger partial charge in [0.15, 0.2) is 5.76 Å². The fourth-order valence-electron chi connectivity index (χ4n) is 2.18. The van der Waals surface area contributed by atoms with E-state index in [4.69, 9.17) is 9.15 Å². The maximum absolute atomic E-state index is 12.2. The van der Waals surface area contributed by atoms with Gasteiger partial charge in [-0.3, -0.25) is 4.79 Å². The van der Waals surface area contributed by atoms with Crippen LogP contribution in [0.3, 0.4) is 0 Å². The lowest BCUT2D eigenvalue weighted by Gasteiger charge is -2.10. The van der Waals surface area contributed by atoms with Crippen LogP contribution in [-0.4, -0.2) is 12.0 Å². The van der Waals surface area contributed by atoms with Crippen molar-refractivity contribution < 1.29 is 13.9 Å². The van der Waals surface area contributed by atoms with E-state index in [0.29, 0.717) is 17.0 Å². The maximum atomic E-state index is 12.2. The highest BCUT2D eigenvalue weighted by atomic mass is 16.5. The third-order valence-electron chi connectivity index (χ3n) is 3.13. The normalized spacial score (nSPS) is 10.9. The molecular weight excluding hydrogens is 278 g/mol. The zero-order valence-corrected chi connectivity index (χ0v) is 12.5. The summed E-state index contributed by atoms with van der Waals surface area (Å²) in [5, 5.41) is 3.72. The number of amides is 1. The molecule has 0 aliphatic carbocycles. The number of ether oxygens (including phenoxy) is 1. The van der Waals surface area contributed by atoms with Crippen molar-refractivity contribution in [3.05, 3.63) is 60.4 Å². The number of fused-ring (bicyclic) bond motifs is 1. The third-order valence-corrected chi connectivity index (χ3v) is 3.13. The number of carbonyl (C=O) groups excluding carboxylic acids is 1. The van der Waals surface area contributed by atoms with Gasteiger partial charge in [0.25, 0.3) is 5.91 Å². The van der Waals surface area contributed by atoms with Crippen molar-refractivity contribution in [1.82, 2.24) is 0 Å².